The molecule has 10 heteroatoms. The largest absolute Gasteiger partial charge is 0.494 e. The van der Waals surface area contributed by atoms with Gasteiger partial charge in [0.1, 0.15) is 5.82 Å². The van der Waals surface area contributed by atoms with E-state index in [1.165, 1.54) is 7.11 Å². The number of ether oxygens (including phenoxy) is 1. The number of carbonyl (C=O) groups excluding carboxylic acids is 1. The number of likely N-dealkylation sites (tertiary alicyclic amines) is 1. The summed E-state index contributed by atoms with van der Waals surface area (Å²) in [4.78, 5) is 23.3. The lowest BCUT2D eigenvalue weighted by Gasteiger charge is -2.32. The molecule has 1 aromatic carbocycles. The molecule has 0 saturated carbocycles. The number of aromatic nitrogens is 2. The van der Waals surface area contributed by atoms with Gasteiger partial charge in [0, 0.05) is 13.7 Å². The van der Waals surface area contributed by atoms with Gasteiger partial charge in [-0.05, 0) is 57.5 Å². The molecule has 0 bridgehead atoms. The first-order valence-electron chi connectivity index (χ1n) is 12.7. The third-order valence-corrected chi connectivity index (χ3v) is 7.67. The van der Waals surface area contributed by atoms with E-state index >= 15 is 0 Å². The molecule has 2 aromatic rings. The van der Waals surface area contributed by atoms with Crippen molar-refractivity contribution >= 4 is 18.5 Å². The van der Waals surface area contributed by atoms with E-state index in [1.54, 1.807) is 0 Å². The van der Waals surface area contributed by atoms with Gasteiger partial charge in [0.2, 0.25) is 12.3 Å². The quantitative estimate of drug-likeness (QED) is 0.379. The fourth-order valence-corrected chi connectivity index (χ4v) is 4.72. The molecule has 2 fully saturated rings. The van der Waals surface area contributed by atoms with E-state index in [2.05, 4.69) is 15.3 Å². The summed E-state index contributed by atoms with van der Waals surface area (Å²) in [5, 5.41) is 12.8. The minimum absolute atomic E-state index is 0.0156. The van der Waals surface area contributed by atoms with Gasteiger partial charge in [-0.3, -0.25) is 10.1 Å². The lowest BCUT2D eigenvalue weighted by molar-refractivity contribution is -0.145. The third kappa shape index (κ3) is 5.24. The van der Waals surface area contributed by atoms with Crippen LogP contribution in [0.25, 0.3) is 11.3 Å². The zero-order chi connectivity index (χ0) is 26.3. The number of H-pyrrole nitrogens is 1. The van der Waals surface area contributed by atoms with E-state index in [9.17, 15) is 9.90 Å². The number of nitrogens with zero attached hydrogens (tertiary/aromatic N) is 2. The Bertz CT molecular complexity index is 1040. The third-order valence-electron chi connectivity index (χ3n) is 7.67. The number of aliphatic hydroxyl groups excluding tert-OH is 1. The number of imidazole rings is 1. The number of aromatic amines is 1. The maximum absolute atomic E-state index is 13.4. The van der Waals surface area contributed by atoms with Crippen molar-refractivity contribution in [2.24, 2.45) is 5.92 Å². The molecule has 2 aliphatic rings. The van der Waals surface area contributed by atoms with Crippen molar-refractivity contribution in [2.45, 2.75) is 84.1 Å². The van der Waals surface area contributed by atoms with E-state index in [-0.39, 0.29) is 29.1 Å². The van der Waals surface area contributed by atoms with Crippen LogP contribution < -0.4 is 10.8 Å². The molecule has 0 aliphatic carbocycles. The molecule has 196 valence electrons. The van der Waals surface area contributed by atoms with Crippen LogP contribution in [-0.2, 0) is 18.8 Å². The number of amides is 1. The summed E-state index contributed by atoms with van der Waals surface area (Å²) in [6.07, 6.45) is 2.34. The number of nitrogens with one attached hydrogen (secondary N) is 2. The van der Waals surface area contributed by atoms with E-state index < -0.39 is 19.6 Å². The molecule has 2 saturated heterocycles. The second-order valence-electron chi connectivity index (χ2n) is 11.1. The minimum Gasteiger partial charge on any atom is -0.399 e. The molecule has 2 aliphatic heterocycles. The number of benzene rings is 1. The van der Waals surface area contributed by atoms with Crippen LogP contribution in [0.2, 0.25) is 0 Å². The number of hydrogen-bond acceptors (Lipinski definition) is 7. The second kappa shape index (κ2) is 10.3. The number of aliphatic hydroxyl groups is 1. The predicted octanol–water partition coefficient (Wildman–Crippen LogP) is 2.58. The fourth-order valence-electron chi connectivity index (χ4n) is 4.72. The predicted molar refractivity (Wildman–Crippen MR) is 138 cm³/mol. The topological polar surface area (TPSA) is 109 Å². The van der Waals surface area contributed by atoms with Crippen LogP contribution >= 0.6 is 0 Å². The summed E-state index contributed by atoms with van der Waals surface area (Å²) in [5.74, 6) is 0.687. The van der Waals surface area contributed by atoms with Crippen molar-refractivity contribution in [3.8, 4) is 11.3 Å². The number of hydrogen-bond donors (Lipinski definition) is 3. The summed E-state index contributed by atoms with van der Waals surface area (Å²) in [5.41, 5.74) is 2.08. The maximum atomic E-state index is 13.4. The van der Waals surface area contributed by atoms with Crippen LogP contribution in [0.3, 0.4) is 0 Å². The Labute approximate surface area is 214 Å². The van der Waals surface area contributed by atoms with Gasteiger partial charge >= 0.3 is 7.12 Å². The molecule has 3 N–H and O–H groups in total. The molecule has 1 aromatic heterocycles. The highest BCUT2D eigenvalue weighted by molar-refractivity contribution is 6.62. The van der Waals surface area contributed by atoms with Crippen molar-refractivity contribution in [2.75, 3.05) is 13.7 Å². The molecule has 3 unspecified atom stereocenters. The van der Waals surface area contributed by atoms with Crippen molar-refractivity contribution in [1.29, 1.82) is 0 Å². The lowest BCUT2D eigenvalue weighted by Crippen LogP contribution is -2.52. The summed E-state index contributed by atoms with van der Waals surface area (Å²) in [6, 6.07) is 7.39. The number of carbonyl (C=O) groups is 1. The number of methoxy groups -OCH3 is 1. The van der Waals surface area contributed by atoms with Gasteiger partial charge in [-0.1, -0.05) is 38.1 Å². The first-order chi connectivity index (χ1) is 16.9. The van der Waals surface area contributed by atoms with Gasteiger partial charge in [0.15, 0.2) is 0 Å². The average Bonchev–Trinajstić information content (AvgIpc) is 3.54. The Balaban J connectivity index is 1.48. The monoisotopic (exact) mass is 498 g/mol. The Morgan fingerprint density at radius 2 is 1.86 bits per heavy atom. The molecular formula is C26H39BN4O5. The zero-order valence-electron chi connectivity index (χ0n) is 22.4. The van der Waals surface area contributed by atoms with Crippen LogP contribution in [-0.4, -0.2) is 70.3 Å². The Kier molecular flexibility index (Phi) is 7.64. The molecule has 1 amide bonds. The zero-order valence-corrected chi connectivity index (χ0v) is 22.4. The van der Waals surface area contributed by atoms with Crippen LogP contribution in [0.4, 0.5) is 0 Å². The lowest BCUT2D eigenvalue weighted by atomic mass is 9.79. The molecule has 3 heterocycles. The van der Waals surface area contributed by atoms with Crippen LogP contribution in [0.15, 0.2) is 30.5 Å². The smallest absolute Gasteiger partial charge is 0.399 e. The van der Waals surface area contributed by atoms with E-state index in [4.69, 9.17) is 14.0 Å². The van der Waals surface area contributed by atoms with E-state index in [1.807, 2.05) is 76.9 Å². The van der Waals surface area contributed by atoms with E-state index in [0.717, 1.165) is 35.4 Å². The molecule has 36 heavy (non-hydrogen) atoms. The van der Waals surface area contributed by atoms with Crippen molar-refractivity contribution in [3.05, 3.63) is 36.3 Å². The standard InChI is InChI=1S/C26H39BN4O5/c1-16(2)21(30-24(33)34-7)23(32)31-14-8-9-20(31)22-28-15-19(29-22)17-10-12-18(13-11-17)27-35-25(3,4)26(5,6)36-27/h10-13,15-16,20-21,24,30,33H,8-9,14H2,1-7H3,(H,28,29). The molecule has 9 nitrogen and oxygen atoms in total. The molecule has 4 rings (SSSR count). The Hall–Kier alpha value is -2.24. The normalized spacial score (nSPS) is 22.9. The van der Waals surface area contributed by atoms with Gasteiger partial charge < -0.3 is 29.0 Å². The SMILES string of the molecule is COC(O)NC(C(=O)N1CCCC1c1ncc(-c2ccc(B3OC(C)(C)C(C)(C)O3)cc2)[nH]1)C(C)C. The molecule has 0 radical (unpaired) electrons. The first-order valence-corrected chi connectivity index (χ1v) is 12.7. The van der Waals surface area contributed by atoms with Gasteiger partial charge in [-0.25, -0.2) is 4.98 Å². The molecular weight excluding hydrogens is 459 g/mol. The van der Waals surface area contributed by atoms with Crippen LogP contribution in [0, 0.1) is 5.92 Å². The first kappa shape index (κ1) is 26.8. The summed E-state index contributed by atoms with van der Waals surface area (Å²) in [6.45, 7) is 12.7. The highest BCUT2D eigenvalue weighted by Gasteiger charge is 2.51. The van der Waals surface area contributed by atoms with Gasteiger partial charge in [-0.2, -0.15) is 0 Å². The van der Waals surface area contributed by atoms with Crippen molar-refractivity contribution in [1.82, 2.24) is 20.2 Å². The Morgan fingerprint density at radius 1 is 1.22 bits per heavy atom. The minimum atomic E-state index is -1.20. The van der Waals surface area contributed by atoms with Crippen LogP contribution in [0.5, 0.6) is 0 Å². The van der Waals surface area contributed by atoms with Gasteiger partial charge in [0.25, 0.3) is 0 Å². The Morgan fingerprint density at radius 3 is 2.44 bits per heavy atom. The summed E-state index contributed by atoms with van der Waals surface area (Å²) in [7, 11) is 0.989. The summed E-state index contributed by atoms with van der Waals surface area (Å²) >= 11 is 0. The second-order valence-corrected chi connectivity index (χ2v) is 11.1. The van der Waals surface area contributed by atoms with Crippen molar-refractivity contribution < 1.29 is 23.9 Å². The molecule has 0 spiro atoms. The summed E-state index contributed by atoms with van der Waals surface area (Å²) < 4.78 is 17.2. The average molecular weight is 498 g/mol. The molecule has 3 atom stereocenters. The van der Waals surface area contributed by atoms with Crippen LogP contribution in [0.1, 0.15) is 66.3 Å². The number of rotatable bonds is 8. The fraction of sp³-hybridized carbons (Fsp3) is 0.615. The highest BCUT2D eigenvalue weighted by atomic mass is 16.7. The van der Waals surface area contributed by atoms with E-state index in [0.29, 0.717) is 6.54 Å². The van der Waals surface area contributed by atoms with Crippen molar-refractivity contribution in [3.63, 3.8) is 0 Å². The van der Waals surface area contributed by atoms with Gasteiger partial charge in [0.05, 0.1) is 35.2 Å². The highest BCUT2D eigenvalue weighted by Crippen LogP contribution is 2.37. The maximum Gasteiger partial charge on any atom is 0.494 e. The van der Waals surface area contributed by atoms with Gasteiger partial charge in [-0.15, -0.1) is 0 Å².